The number of hydrogen-bond donors (Lipinski definition) is 3. The normalized spacial score (nSPS) is 16.0. The summed E-state index contributed by atoms with van der Waals surface area (Å²) < 4.78 is 0. The van der Waals surface area contributed by atoms with Crippen molar-refractivity contribution in [2.24, 2.45) is 0 Å². The molecule has 0 radical (unpaired) electrons. The Bertz CT molecular complexity index is 1300. The second-order valence-electron chi connectivity index (χ2n) is 8.02. The number of nitrogens with zero attached hydrogens (tertiary/aromatic N) is 6. The fourth-order valence-electron chi connectivity index (χ4n) is 3.56. The van der Waals surface area contributed by atoms with Gasteiger partial charge in [0, 0.05) is 37.1 Å². The van der Waals surface area contributed by atoms with Crippen LogP contribution in [0.25, 0.3) is 20.9 Å². The molecule has 33 heavy (non-hydrogen) atoms. The number of thiazole rings is 1. The van der Waals surface area contributed by atoms with Crippen LogP contribution in [0.15, 0.2) is 29.9 Å². The zero-order chi connectivity index (χ0) is 22.9. The summed E-state index contributed by atoms with van der Waals surface area (Å²) in [6, 6.07) is 5.85. The topological polar surface area (TPSA) is 129 Å². The van der Waals surface area contributed by atoms with Crippen LogP contribution in [-0.4, -0.2) is 66.3 Å². The molecule has 0 aliphatic carbocycles. The van der Waals surface area contributed by atoms with Crippen molar-refractivity contribution in [1.82, 2.24) is 30.0 Å². The number of aromatic nitrogens is 5. The molecule has 1 aliphatic heterocycles. The van der Waals surface area contributed by atoms with Crippen molar-refractivity contribution in [1.29, 1.82) is 0 Å². The van der Waals surface area contributed by atoms with Gasteiger partial charge in [-0.2, -0.15) is 0 Å². The smallest absolute Gasteiger partial charge is 0.284 e. The third-order valence-electron chi connectivity index (χ3n) is 5.09. The molecule has 10 nitrogen and oxygen atoms in total. The maximum atomic E-state index is 12.7. The predicted octanol–water partition coefficient (Wildman–Crippen LogP) is 3.38. The highest BCUT2D eigenvalue weighted by molar-refractivity contribution is 7.16. The number of amides is 1. The zero-order valence-electron chi connectivity index (χ0n) is 18.0. The fourth-order valence-corrected chi connectivity index (χ4v) is 5.05. The number of β-amino-alcohol motifs (C(OH)–C–C–N with tert-alkyl or cyclic N) is 1. The van der Waals surface area contributed by atoms with E-state index in [4.69, 9.17) is 0 Å². The summed E-state index contributed by atoms with van der Waals surface area (Å²) >= 11 is 2.71. The number of pyridine rings is 2. The second-order valence-corrected chi connectivity index (χ2v) is 9.83. The first-order chi connectivity index (χ1) is 16.0. The number of fused-ring (bicyclic) bond motifs is 1. The van der Waals surface area contributed by atoms with Crippen LogP contribution in [0.3, 0.4) is 0 Å². The first kappa shape index (κ1) is 21.6. The van der Waals surface area contributed by atoms with E-state index >= 15 is 0 Å². The van der Waals surface area contributed by atoms with Gasteiger partial charge < -0.3 is 20.6 Å². The highest BCUT2D eigenvalue weighted by Crippen LogP contribution is 2.33. The molecule has 1 amide bonds. The molecule has 1 fully saturated rings. The lowest BCUT2D eigenvalue weighted by atomic mass is 10.2. The van der Waals surface area contributed by atoms with Crippen LogP contribution in [0.5, 0.6) is 0 Å². The summed E-state index contributed by atoms with van der Waals surface area (Å²) in [5.74, 6) is 1.11. The molecule has 12 heteroatoms. The lowest BCUT2D eigenvalue weighted by Gasteiger charge is -2.15. The third-order valence-corrected chi connectivity index (χ3v) is 6.77. The summed E-state index contributed by atoms with van der Waals surface area (Å²) in [5.41, 5.74) is 4.22. The summed E-state index contributed by atoms with van der Waals surface area (Å²) in [4.78, 5) is 28.5. The van der Waals surface area contributed by atoms with E-state index in [2.05, 4.69) is 35.8 Å². The van der Waals surface area contributed by atoms with E-state index in [1.54, 1.807) is 16.6 Å². The zero-order valence-corrected chi connectivity index (χ0v) is 19.7. The van der Waals surface area contributed by atoms with Crippen molar-refractivity contribution in [2.45, 2.75) is 32.4 Å². The number of rotatable bonds is 6. The summed E-state index contributed by atoms with van der Waals surface area (Å²) in [5, 5.41) is 25.6. The van der Waals surface area contributed by atoms with Crippen LogP contribution >= 0.6 is 22.7 Å². The molecular weight excluding hydrogens is 460 g/mol. The Morgan fingerprint density at radius 2 is 2.12 bits per heavy atom. The molecule has 3 N–H and O–H groups in total. The Kier molecular flexibility index (Phi) is 5.87. The molecule has 4 aromatic heterocycles. The molecular formula is C21H22N8O2S2. The van der Waals surface area contributed by atoms with Gasteiger partial charge in [-0.05, 0) is 32.4 Å². The van der Waals surface area contributed by atoms with E-state index in [9.17, 15) is 9.90 Å². The fraction of sp³-hybridized carbons (Fsp3) is 0.333. The lowest BCUT2D eigenvalue weighted by molar-refractivity contribution is 0.0763. The summed E-state index contributed by atoms with van der Waals surface area (Å²) in [6.45, 7) is 4.95. The number of anilines is 3. The highest BCUT2D eigenvalue weighted by atomic mass is 32.1. The summed E-state index contributed by atoms with van der Waals surface area (Å²) in [6.07, 6.45) is 1.83. The molecule has 4 aromatic rings. The maximum Gasteiger partial charge on any atom is 0.284 e. The van der Waals surface area contributed by atoms with E-state index in [0.717, 1.165) is 21.6 Å². The Balaban J connectivity index is 1.41. The number of aliphatic hydroxyl groups excluding tert-OH is 1. The highest BCUT2D eigenvalue weighted by Gasteiger charge is 2.28. The molecule has 1 atom stereocenters. The van der Waals surface area contributed by atoms with Crippen molar-refractivity contribution in [3.05, 3.63) is 34.9 Å². The van der Waals surface area contributed by atoms with Crippen molar-refractivity contribution < 1.29 is 9.90 Å². The Labute approximate surface area is 197 Å². The van der Waals surface area contributed by atoms with Gasteiger partial charge in [0.25, 0.3) is 5.91 Å². The van der Waals surface area contributed by atoms with Gasteiger partial charge in [0.1, 0.15) is 22.0 Å². The maximum absolute atomic E-state index is 12.7. The largest absolute Gasteiger partial charge is 0.391 e. The molecule has 1 aliphatic rings. The van der Waals surface area contributed by atoms with Crippen LogP contribution in [0.2, 0.25) is 0 Å². The minimum absolute atomic E-state index is 0.172. The molecule has 1 saturated heterocycles. The molecule has 0 saturated carbocycles. The molecule has 170 valence electrons. The number of carbonyl (C=O) groups excluding carboxylic acids is 1. The van der Waals surface area contributed by atoms with Gasteiger partial charge in [-0.15, -0.1) is 21.5 Å². The Hall–Kier alpha value is -3.22. The minimum atomic E-state index is -0.473. The van der Waals surface area contributed by atoms with E-state index in [1.807, 2.05) is 32.0 Å². The minimum Gasteiger partial charge on any atom is -0.391 e. The Morgan fingerprint density at radius 3 is 2.91 bits per heavy atom. The van der Waals surface area contributed by atoms with Crippen LogP contribution in [0.4, 0.5) is 17.3 Å². The van der Waals surface area contributed by atoms with E-state index < -0.39 is 6.10 Å². The van der Waals surface area contributed by atoms with Crippen LogP contribution in [0, 0.1) is 0 Å². The average Bonchev–Trinajstić information content (AvgIpc) is 3.53. The van der Waals surface area contributed by atoms with Crippen LogP contribution in [-0.2, 0) is 0 Å². The van der Waals surface area contributed by atoms with Gasteiger partial charge in [0.15, 0.2) is 5.01 Å². The third kappa shape index (κ3) is 4.63. The number of nitrogens with one attached hydrogen (secondary N) is 2. The molecule has 0 unspecified atom stereocenters. The number of likely N-dealkylation sites (tertiary alicyclic amines) is 1. The van der Waals surface area contributed by atoms with Gasteiger partial charge in [-0.1, -0.05) is 11.3 Å². The average molecular weight is 483 g/mol. The van der Waals surface area contributed by atoms with Gasteiger partial charge in [-0.3, -0.25) is 4.79 Å². The number of aliphatic hydroxyl groups is 1. The lowest BCUT2D eigenvalue weighted by Crippen LogP contribution is -2.29. The molecule has 0 spiro atoms. The predicted molar refractivity (Wildman–Crippen MR) is 129 cm³/mol. The first-order valence-electron chi connectivity index (χ1n) is 10.5. The van der Waals surface area contributed by atoms with Crippen molar-refractivity contribution >= 4 is 56.3 Å². The molecule has 5 rings (SSSR count). The summed E-state index contributed by atoms with van der Waals surface area (Å²) in [7, 11) is 0. The number of hydrogen-bond acceptors (Lipinski definition) is 11. The van der Waals surface area contributed by atoms with Gasteiger partial charge in [-0.25, -0.2) is 15.0 Å². The number of carbonyl (C=O) groups is 1. The van der Waals surface area contributed by atoms with Crippen molar-refractivity contribution in [2.75, 3.05) is 23.7 Å². The van der Waals surface area contributed by atoms with Crippen LogP contribution < -0.4 is 10.6 Å². The van der Waals surface area contributed by atoms with Gasteiger partial charge in [0.2, 0.25) is 5.01 Å². The van der Waals surface area contributed by atoms with Crippen molar-refractivity contribution in [3.63, 3.8) is 0 Å². The molecule has 5 heterocycles. The van der Waals surface area contributed by atoms with Gasteiger partial charge in [0.05, 0.1) is 17.2 Å². The first-order valence-corrected chi connectivity index (χ1v) is 12.2. The monoisotopic (exact) mass is 482 g/mol. The van der Waals surface area contributed by atoms with E-state index in [-0.39, 0.29) is 11.9 Å². The van der Waals surface area contributed by atoms with Crippen molar-refractivity contribution in [3.8, 4) is 10.6 Å². The molecule has 0 bridgehead atoms. The molecule has 0 aromatic carbocycles. The van der Waals surface area contributed by atoms with Crippen LogP contribution in [0.1, 0.15) is 30.1 Å². The SMILES string of the molecule is CC(C)Nc1cc(Nc2ccc3ncsc3n2)ncc1-c1nnc(C(=O)N2CC[C@H](O)C2)s1. The van der Waals surface area contributed by atoms with E-state index in [1.165, 1.54) is 22.7 Å². The quantitative estimate of drug-likeness (QED) is 0.379. The van der Waals surface area contributed by atoms with E-state index in [0.29, 0.717) is 41.2 Å². The standard InChI is InChI=1S/C21H22N8O2S2/c1-11(2)24-15-7-17(25-16-4-3-14-19(26-16)32-10-23-14)22-8-13(15)18-27-28-20(33-18)21(31)29-6-5-12(30)9-29/h3-4,7-8,10-12,30H,5-6,9H2,1-2H3,(H2,22,24,25,26)/t12-/m0/s1. The second kappa shape index (κ2) is 8.96. The van der Waals surface area contributed by atoms with Gasteiger partial charge >= 0.3 is 0 Å². The Morgan fingerprint density at radius 1 is 1.24 bits per heavy atom.